The highest BCUT2D eigenvalue weighted by Crippen LogP contribution is 2.38. The number of furan rings is 1. The van der Waals surface area contributed by atoms with Crippen LogP contribution in [0.1, 0.15) is 60.9 Å². The Morgan fingerprint density at radius 2 is 1.81 bits per heavy atom. The molecule has 27 heavy (non-hydrogen) atoms. The Kier molecular flexibility index (Phi) is 4.30. The van der Waals surface area contributed by atoms with Crippen molar-refractivity contribution >= 4 is 39.1 Å². The topological polar surface area (TPSA) is 85.3 Å². The number of primary amides is 1. The van der Waals surface area contributed by atoms with Crippen molar-refractivity contribution in [1.29, 1.82) is 0 Å². The van der Waals surface area contributed by atoms with E-state index in [-0.39, 0.29) is 11.7 Å². The molecule has 1 aliphatic rings. The average Bonchev–Trinajstić information content (AvgIpc) is 3.13. The molecule has 0 fully saturated rings. The summed E-state index contributed by atoms with van der Waals surface area (Å²) in [5.74, 6) is -0.561. The lowest BCUT2D eigenvalue weighted by atomic mass is 9.95. The van der Waals surface area contributed by atoms with Gasteiger partial charge in [-0.15, -0.1) is 11.3 Å². The Bertz CT molecular complexity index is 1090. The fraction of sp³-hybridized carbons (Fsp3) is 0.333. The Balaban J connectivity index is 1.73. The number of fused-ring (bicyclic) bond motifs is 2. The number of nitrogens with one attached hydrogen (secondary N) is 1. The quantitative estimate of drug-likeness (QED) is 0.691. The molecule has 2 amide bonds. The maximum Gasteiger partial charge on any atom is 0.292 e. The lowest BCUT2D eigenvalue weighted by Gasteiger charge is -2.11. The van der Waals surface area contributed by atoms with Gasteiger partial charge >= 0.3 is 0 Å². The first kappa shape index (κ1) is 17.8. The molecule has 0 spiro atoms. The summed E-state index contributed by atoms with van der Waals surface area (Å²) in [5.41, 5.74) is 10.8. The van der Waals surface area contributed by atoms with Crippen molar-refractivity contribution in [3.63, 3.8) is 0 Å². The summed E-state index contributed by atoms with van der Waals surface area (Å²) in [6, 6.07) is 3.99. The molecule has 1 aliphatic carbocycles. The van der Waals surface area contributed by atoms with E-state index < -0.39 is 5.91 Å². The number of rotatable bonds is 3. The Labute approximate surface area is 161 Å². The average molecular weight is 382 g/mol. The molecule has 6 heteroatoms. The molecule has 0 bridgehead atoms. The summed E-state index contributed by atoms with van der Waals surface area (Å²) in [6.45, 7) is 5.93. The van der Waals surface area contributed by atoms with Gasteiger partial charge in [0.1, 0.15) is 10.6 Å². The van der Waals surface area contributed by atoms with Crippen LogP contribution in [0.25, 0.3) is 11.0 Å². The van der Waals surface area contributed by atoms with Crippen molar-refractivity contribution in [2.45, 2.75) is 46.5 Å². The van der Waals surface area contributed by atoms with Crippen LogP contribution in [-0.2, 0) is 12.8 Å². The van der Waals surface area contributed by atoms with Crippen molar-refractivity contribution in [3.8, 4) is 0 Å². The van der Waals surface area contributed by atoms with Gasteiger partial charge in [-0.25, -0.2) is 0 Å². The van der Waals surface area contributed by atoms with Crippen molar-refractivity contribution in [2.75, 3.05) is 5.32 Å². The highest BCUT2D eigenvalue weighted by atomic mass is 32.1. The number of carbonyl (C=O) groups is 2. The highest BCUT2D eigenvalue weighted by molar-refractivity contribution is 7.17. The Hall–Kier alpha value is -2.60. The molecule has 1 aromatic carbocycles. The summed E-state index contributed by atoms with van der Waals surface area (Å²) in [6.07, 6.45) is 3.90. The van der Waals surface area contributed by atoms with Crippen molar-refractivity contribution in [1.82, 2.24) is 0 Å². The van der Waals surface area contributed by atoms with E-state index in [1.165, 1.54) is 11.3 Å². The van der Waals surface area contributed by atoms with Crippen molar-refractivity contribution < 1.29 is 14.0 Å². The first-order chi connectivity index (χ1) is 12.9. The summed E-state index contributed by atoms with van der Waals surface area (Å²) < 4.78 is 5.85. The Morgan fingerprint density at radius 1 is 1.11 bits per heavy atom. The van der Waals surface area contributed by atoms with Crippen LogP contribution >= 0.6 is 11.3 Å². The van der Waals surface area contributed by atoms with Gasteiger partial charge < -0.3 is 15.5 Å². The molecule has 4 rings (SSSR count). The number of benzene rings is 1. The van der Waals surface area contributed by atoms with Gasteiger partial charge in [-0.3, -0.25) is 9.59 Å². The number of carbonyl (C=O) groups excluding carboxylic acids is 2. The molecule has 0 radical (unpaired) electrons. The standard InChI is InChI=1S/C21H22N2O3S/c1-10-8-14-12(3)18(26-15(14)9-11(10)2)20(25)23-21-17(19(22)24)13-6-4-5-7-16(13)27-21/h8-9H,4-7H2,1-3H3,(H2,22,24)(H,23,25). The zero-order valence-electron chi connectivity index (χ0n) is 15.7. The first-order valence-electron chi connectivity index (χ1n) is 9.13. The maximum atomic E-state index is 12.9. The number of aryl methyl sites for hydroxylation is 4. The smallest absolute Gasteiger partial charge is 0.292 e. The van der Waals surface area contributed by atoms with Crippen LogP contribution < -0.4 is 11.1 Å². The van der Waals surface area contributed by atoms with Crippen molar-refractivity contribution in [2.24, 2.45) is 5.73 Å². The highest BCUT2D eigenvalue weighted by Gasteiger charge is 2.26. The van der Waals surface area contributed by atoms with Gasteiger partial charge in [0.05, 0.1) is 5.56 Å². The second kappa shape index (κ2) is 6.53. The lowest BCUT2D eigenvalue weighted by molar-refractivity contribution is 0.0998. The predicted molar refractivity (Wildman–Crippen MR) is 108 cm³/mol. The first-order valence-corrected chi connectivity index (χ1v) is 9.94. The van der Waals surface area contributed by atoms with E-state index in [4.69, 9.17) is 10.2 Å². The molecular formula is C21H22N2O3S. The monoisotopic (exact) mass is 382 g/mol. The second-order valence-electron chi connectivity index (χ2n) is 7.22. The number of amides is 2. The molecule has 3 N–H and O–H groups in total. The van der Waals surface area contributed by atoms with E-state index in [0.717, 1.165) is 58.2 Å². The molecule has 0 unspecified atom stereocenters. The lowest BCUT2D eigenvalue weighted by Crippen LogP contribution is -2.18. The van der Waals surface area contributed by atoms with Crippen LogP contribution in [0.5, 0.6) is 0 Å². The van der Waals surface area contributed by atoms with Crippen LogP contribution in [0.4, 0.5) is 5.00 Å². The fourth-order valence-electron chi connectivity index (χ4n) is 3.77. The zero-order chi connectivity index (χ0) is 19.3. The van der Waals surface area contributed by atoms with E-state index in [9.17, 15) is 9.59 Å². The minimum Gasteiger partial charge on any atom is -0.451 e. The van der Waals surface area contributed by atoms with Crippen molar-refractivity contribution in [3.05, 3.63) is 50.6 Å². The molecule has 0 atom stereocenters. The number of nitrogens with two attached hydrogens (primary N) is 1. The second-order valence-corrected chi connectivity index (χ2v) is 8.33. The minimum atomic E-state index is -0.489. The molecular weight excluding hydrogens is 360 g/mol. The summed E-state index contributed by atoms with van der Waals surface area (Å²) in [5, 5.41) is 4.35. The molecule has 2 aromatic heterocycles. The summed E-state index contributed by atoms with van der Waals surface area (Å²) in [4.78, 5) is 26.1. The van der Waals surface area contributed by atoms with Crippen LogP contribution in [-0.4, -0.2) is 11.8 Å². The number of thiophene rings is 1. The van der Waals surface area contributed by atoms with E-state index >= 15 is 0 Å². The third-order valence-corrected chi connectivity index (χ3v) is 6.61. The Morgan fingerprint density at radius 3 is 2.56 bits per heavy atom. The van der Waals surface area contributed by atoms with Gasteiger partial charge in [0.2, 0.25) is 0 Å². The van der Waals surface area contributed by atoms with Gasteiger partial charge in [-0.05, 0) is 75.3 Å². The van der Waals surface area contributed by atoms with E-state index in [2.05, 4.69) is 5.32 Å². The molecule has 2 heterocycles. The summed E-state index contributed by atoms with van der Waals surface area (Å²) in [7, 11) is 0. The fourth-order valence-corrected chi connectivity index (χ4v) is 5.06. The molecule has 0 aliphatic heterocycles. The van der Waals surface area contributed by atoms with Crippen LogP contribution in [0.2, 0.25) is 0 Å². The van der Waals surface area contributed by atoms with Gasteiger partial charge in [0.25, 0.3) is 11.8 Å². The number of hydrogen-bond donors (Lipinski definition) is 2. The van der Waals surface area contributed by atoms with E-state index in [1.54, 1.807) is 0 Å². The van der Waals surface area contributed by atoms with Gasteiger partial charge in [-0.1, -0.05) is 0 Å². The molecule has 0 saturated heterocycles. The number of hydrogen-bond acceptors (Lipinski definition) is 4. The van der Waals surface area contributed by atoms with E-state index in [1.807, 2.05) is 32.9 Å². The molecule has 3 aromatic rings. The third-order valence-electron chi connectivity index (χ3n) is 5.40. The van der Waals surface area contributed by atoms with Gasteiger partial charge in [0, 0.05) is 15.8 Å². The zero-order valence-corrected chi connectivity index (χ0v) is 16.5. The SMILES string of the molecule is Cc1cc2oc(C(=O)Nc3sc4c(c3C(N)=O)CCCC4)c(C)c2cc1C. The van der Waals surface area contributed by atoms with Gasteiger partial charge in [-0.2, -0.15) is 0 Å². The van der Waals surface area contributed by atoms with Crippen LogP contribution in [0.3, 0.4) is 0 Å². The normalized spacial score (nSPS) is 13.6. The largest absolute Gasteiger partial charge is 0.451 e. The third kappa shape index (κ3) is 2.94. The number of anilines is 1. The predicted octanol–water partition coefficient (Wildman–Crippen LogP) is 4.65. The molecule has 140 valence electrons. The van der Waals surface area contributed by atoms with Crippen LogP contribution in [0.15, 0.2) is 16.5 Å². The minimum absolute atomic E-state index is 0.275. The molecule has 5 nitrogen and oxygen atoms in total. The molecule has 0 saturated carbocycles. The van der Waals surface area contributed by atoms with Crippen LogP contribution in [0, 0.1) is 20.8 Å². The maximum absolute atomic E-state index is 12.9. The van der Waals surface area contributed by atoms with Gasteiger partial charge in [0.15, 0.2) is 5.76 Å². The summed E-state index contributed by atoms with van der Waals surface area (Å²) >= 11 is 1.46. The van der Waals surface area contributed by atoms with E-state index in [0.29, 0.717) is 16.1 Å².